The summed E-state index contributed by atoms with van der Waals surface area (Å²) in [6, 6.07) is 0. The van der Waals surface area contributed by atoms with Crippen molar-refractivity contribution in [2.24, 2.45) is 0 Å². The van der Waals surface area contributed by atoms with E-state index in [2.05, 4.69) is 5.32 Å². The van der Waals surface area contributed by atoms with Gasteiger partial charge in [-0.3, -0.25) is 0 Å². The monoisotopic (exact) mass is 139 g/mol. The minimum Gasteiger partial charge on any atom is -0.308 e. The zero-order chi connectivity index (χ0) is 7.12. The van der Waals surface area contributed by atoms with Crippen molar-refractivity contribution in [3.8, 4) is 0 Å². The molecular formula is C5H8F3N. The van der Waals surface area contributed by atoms with E-state index < -0.39 is 18.1 Å². The van der Waals surface area contributed by atoms with Gasteiger partial charge in [0.2, 0.25) is 0 Å². The quantitative estimate of drug-likeness (QED) is 0.527. The maximum Gasteiger partial charge on any atom is 0.294 e. The summed E-state index contributed by atoms with van der Waals surface area (Å²) >= 11 is 0. The molecule has 1 atom stereocenters. The highest BCUT2D eigenvalue weighted by molar-refractivity contribution is 4.99. The molecule has 0 saturated carbocycles. The zero-order valence-corrected chi connectivity index (χ0v) is 5.05. The molecule has 4 heteroatoms. The summed E-state index contributed by atoms with van der Waals surface area (Å²) in [5, 5.41) is 2.28. The van der Waals surface area contributed by atoms with Gasteiger partial charge in [-0.15, -0.1) is 0 Å². The maximum absolute atomic E-state index is 12.6. The van der Waals surface area contributed by atoms with Gasteiger partial charge >= 0.3 is 0 Å². The Bertz CT molecular complexity index is 107. The number of nitrogens with one attached hydrogen (secondary N) is 1. The average molecular weight is 139 g/mol. The van der Waals surface area contributed by atoms with Gasteiger partial charge < -0.3 is 5.32 Å². The SMILES string of the molecule is CC1(F)CNCC1(F)F. The fraction of sp³-hybridized carbons (Fsp3) is 1.00. The maximum atomic E-state index is 12.6. The third-order valence-electron chi connectivity index (χ3n) is 1.57. The Balaban J connectivity index is 2.75. The first-order valence-corrected chi connectivity index (χ1v) is 2.73. The lowest BCUT2D eigenvalue weighted by Crippen LogP contribution is -2.39. The second-order valence-corrected chi connectivity index (χ2v) is 2.51. The van der Waals surface area contributed by atoms with Gasteiger partial charge in [0.25, 0.3) is 5.92 Å². The topological polar surface area (TPSA) is 12.0 Å². The molecule has 0 spiro atoms. The highest BCUT2D eigenvalue weighted by atomic mass is 19.3. The van der Waals surface area contributed by atoms with Crippen molar-refractivity contribution in [1.29, 1.82) is 0 Å². The van der Waals surface area contributed by atoms with Crippen molar-refractivity contribution in [2.75, 3.05) is 13.1 Å². The molecule has 9 heavy (non-hydrogen) atoms. The largest absolute Gasteiger partial charge is 0.308 e. The van der Waals surface area contributed by atoms with Gasteiger partial charge in [0.1, 0.15) is 0 Å². The number of hydrogen-bond acceptors (Lipinski definition) is 1. The van der Waals surface area contributed by atoms with E-state index in [0.29, 0.717) is 0 Å². The highest BCUT2D eigenvalue weighted by Gasteiger charge is 2.54. The Hall–Kier alpha value is -0.250. The molecule has 0 aromatic heterocycles. The first kappa shape index (κ1) is 6.86. The van der Waals surface area contributed by atoms with Crippen LogP contribution in [0.15, 0.2) is 0 Å². The van der Waals surface area contributed by atoms with Crippen molar-refractivity contribution < 1.29 is 13.2 Å². The Morgan fingerprint density at radius 1 is 1.22 bits per heavy atom. The number of halogens is 3. The van der Waals surface area contributed by atoms with E-state index in [-0.39, 0.29) is 6.54 Å². The van der Waals surface area contributed by atoms with Gasteiger partial charge in [-0.25, -0.2) is 13.2 Å². The number of alkyl halides is 3. The van der Waals surface area contributed by atoms with Crippen LogP contribution in [0.3, 0.4) is 0 Å². The van der Waals surface area contributed by atoms with Crippen LogP contribution in [-0.4, -0.2) is 24.7 Å². The first-order valence-electron chi connectivity index (χ1n) is 2.73. The lowest BCUT2D eigenvalue weighted by atomic mass is 10.1. The molecule has 1 rings (SSSR count). The minimum atomic E-state index is -3.19. The lowest BCUT2D eigenvalue weighted by molar-refractivity contribution is -0.0900. The van der Waals surface area contributed by atoms with E-state index in [9.17, 15) is 13.2 Å². The standard InChI is InChI=1S/C5H8F3N/c1-4(6)2-9-3-5(4,7)8/h9H,2-3H2,1H3. The molecule has 1 fully saturated rings. The van der Waals surface area contributed by atoms with E-state index in [1.54, 1.807) is 0 Å². The summed E-state index contributed by atoms with van der Waals surface area (Å²) in [5.41, 5.74) is -2.35. The van der Waals surface area contributed by atoms with Gasteiger partial charge in [-0.2, -0.15) is 0 Å². The Kier molecular flexibility index (Phi) is 1.24. The molecule has 0 aliphatic carbocycles. The van der Waals surface area contributed by atoms with Crippen LogP contribution in [0.5, 0.6) is 0 Å². The summed E-state index contributed by atoms with van der Waals surface area (Å²) in [5.74, 6) is -3.19. The number of rotatable bonds is 0. The molecule has 1 aliphatic rings. The van der Waals surface area contributed by atoms with Crippen molar-refractivity contribution >= 4 is 0 Å². The molecule has 1 unspecified atom stereocenters. The second kappa shape index (κ2) is 1.62. The van der Waals surface area contributed by atoms with Gasteiger partial charge in [-0.1, -0.05) is 0 Å². The van der Waals surface area contributed by atoms with E-state index >= 15 is 0 Å². The summed E-state index contributed by atoms with van der Waals surface area (Å²) in [6.45, 7) is 0.118. The van der Waals surface area contributed by atoms with Gasteiger partial charge in [0.15, 0.2) is 5.67 Å². The summed E-state index contributed by atoms with van der Waals surface area (Å²) in [4.78, 5) is 0. The Morgan fingerprint density at radius 2 is 1.78 bits per heavy atom. The molecule has 54 valence electrons. The van der Waals surface area contributed by atoms with Crippen LogP contribution in [-0.2, 0) is 0 Å². The Morgan fingerprint density at radius 3 is 1.89 bits per heavy atom. The fourth-order valence-corrected chi connectivity index (χ4v) is 0.768. The van der Waals surface area contributed by atoms with E-state index in [1.165, 1.54) is 0 Å². The predicted octanol–water partition coefficient (Wildman–Crippen LogP) is 0.953. The third kappa shape index (κ3) is 0.913. The molecule has 1 saturated heterocycles. The molecule has 0 aromatic rings. The average Bonchev–Trinajstić information content (AvgIpc) is 1.81. The molecule has 1 nitrogen and oxygen atoms in total. The third-order valence-corrected chi connectivity index (χ3v) is 1.57. The first-order chi connectivity index (χ1) is 3.96. The van der Waals surface area contributed by atoms with Crippen LogP contribution in [0, 0.1) is 0 Å². The normalized spacial score (nSPS) is 41.3. The molecule has 1 heterocycles. The van der Waals surface area contributed by atoms with Crippen molar-refractivity contribution in [1.82, 2.24) is 5.32 Å². The summed E-state index contributed by atoms with van der Waals surface area (Å²) in [6.07, 6.45) is 0. The van der Waals surface area contributed by atoms with Crippen LogP contribution in [0.4, 0.5) is 13.2 Å². The van der Waals surface area contributed by atoms with E-state index in [1.807, 2.05) is 0 Å². The smallest absolute Gasteiger partial charge is 0.294 e. The molecule has 0 bridgehead atoms. The van der Waals surface area contributed by atoms with E-state index in [0.717, 1.165) is 6.92 Å². The molecular weight excluding hydrogens is 131 g/mol. The van der Waals surface area contributed by atoms with Gasteiger partial charge in [0.05, 0.1) is 6.54 Å². The van der Waals surface area contributed by atoms with Crippen molar-refractivity contribution in [2.45, 2.75) is 18.5 Å². The Labute approximate surface area is 51.2 Å². The molecule has 0 amide bonds. The van der Waals surface area contributed by atoms with Crippen LogP contribution >= 0.6 is 0 Å². The zero-order valence-electron chi connectivity index (χ0n) is 5.05. The van der Waals surface area contributed by atoms with Crippen LogP contribution < -0.4 is 5.32 Å². The molecule has 1 aliphatic heterocycles. The second-order valence-electron chi connectivity index (χ2n) is 2.51. The minimum absolute atomic E-state index is 0.250. The van der Waals surface area contributed by atoms with Crippen LogP contribution in [0.2, 0.25) is 0 Å². The van der Waals surface area contributed by atoms with Gasteiger partial charge in [0, 0.05) is 6.54 Å². The van der Waals surface area contributed by atoms with Gasteiger partial charge in [-0.05, 0) is 6.92 Å². The predicted molar refractivity (Wildman–Crippen MR) is 27.3 cm³/mol. The fourth-order valence-electron chi connectivity index (χ4n) is 0.768. The lowest BCUT2D eigenvalue weighted by Gasteiger charge is -2.19. The van der Waals surface area contributed by atoms with Crippen molar-refractivity contribution in [3.63, 3.8) is 0 Å². The van der Waals surface area contributed by atoms with Crippen LogP contribution in [0.25, 0.3) is 0 Å². The highest BCUT2D eigenvalue weighted by Crippen LogP contribution is 2.34. The summed E-state index contributed by atoms with van der Waals surface area (Å²) < 4.78 is 37.1. The molecule has 1 N–H and O–H groups in total. The van der Waals surface area contributed by atoms with Crippen molar-refractivity contribution in [3.05, 3.63) is 0 Å². The van der Waals surface area contributed by atoms with Crippen LogP contribution in [0.1, 0.15) is 6.92 Å². The summed E-state index contributed by atoms with van der Waals surface area (Å²) in [7, 11) is 0. The number of hydrogen-bond donors (Lipinski definition) is 1. The van der Waals surface area contributed by atoms with E-state index in [4.69, 9.17) is 0 Å². The molecule has 0 aromatic carbocycles. The molecule has 0 radical (unpaired) electrons.